The number of carbonyl (C=O) groups is 1. The van der Waals surface area contributed by atoms with Gasteiger partial charge in [0.25, 0.3) is 5.91 Å². The molecule has 0 aliphatic heterocycles. The molecule has 2 heterocycles. The second kappa shape index (κ2) is 7.36. The Morgan fingerprint density at radius 3 is 2.67 bits per heavy atom. The van der Waals surface area contributed by atoms with Crippen molar-refractivity contribution in [1.29, 1.82) is 0 Å². The zero-order valence-corrected chi connectivity index (χ0v) is 15.2. The Labute approximate surface area is 157 Å². The van der Waals surface area contributed by atoms with Crippen LogP contribution in [0.1, 0.15) is 40.4 Å². The summed E-state index contributed by atoms with van der Waals surface area (Å²) < 4.78 is 3.48. The van der Waals surface area contributed by atoms with Crippen molar-refractivity contribution in [3.8, 4) is 0 Å². The summed E-state index contributed by atoms with van der Waals surface area (Å²) in [7, 11) is 1.85. The lowest BCUT2D eigenvalue weighted by molar-refractivity contribution is 0.0235. The molecule has 1 aromatic carbocycles. The van der Waals surface area contributed by atoms with E-state index in [1.807, 2.05) is 43.6 Å². The van der Waals surface area contributed by atoms with E-state index >= 15 is 0 Å². The number of hydrogen-bond acceptors (Lipinski definition) is 4. The molecule has 0 radical (unpaired) electrons. The Morgan fingerprint density at radius 1 is 1.22 bits per heavy atom. The monoisotopic (exact) mass is 365 g/mol. The number of benzene rings is 1. The SMILES string of the molecule is Cn1cc(C(NC(=O)c2cnn(Cc3ccccc3)c2)C2CC(O)C2)cn1. The third-order valence-corrected chi connectivity index (χ3v) is 5.07. The summed E-state index contributed by atoms with van der Waals surface area (Å²) in [5.74, 6) is 0.0528. The van der Waals surface area contributed by atoms with E-state index in [1.165, 1.54) is 0 Å². The van der Waals surface area contributed by atoms with E-state index in [0.29, 0.717) is 24.9 Å². The molecule has 1 aliphatic carbocycles. The van der Waals surface area contributed by atoms with Crippen molar-refractivity contribution < 1.29 is 9.90 Å². The number of nitrogens with zero attached hydrogens (tertiary/aromatic N) is 4. The van der Waals surface area contributed by atoms with Gasteiger partial charge in [-0.3, -0.25) is 14.2 Å². The molecule has 7 heteroatoms. The molecule has 7 nitrogen and oxygen atoms in total. The van der Waals surface area contributed by atoms with Crippen molar-refractivity contribution >= 4 is 5.91 Å². The third-order valence-electron chi connectivity index (χ3n) is 5.07. The molecule has 27 heavy (non-hydrogen) atoms. The van der Waals surface area contributed by atoms with E-state index in [0.717, 1.165) is 11.1 Å². The Morgan fingerprint density at radius 2 is 2.00 bits per heavy atom. The number of aliphatic hydroxyl groups is 1. The molecule has 2 aromatic heterocycles. The first-order valence-corrected chi connectivity index (χ1v) is 9.12. The van der Waals surface area contributed by atoms with Gasteiger partial charge in [0.2, 0.25) is 0 Å². The summed E-state index contributed by atoms with van der Waals surface area (Å²) in [6, 6.07) is 9.84. The zero-order chi connectivity index (χ0) is 18.8. The summed E-state index contributed by atoms with van der Waals surface area (Å²) in [6.45, 7) is 0.620. The van der Waals surface area contributed by atoms with Crippen LogP contribution in [0.15, 0.2) is 55.1 Å². The topological polar surface area (TPSA) is 85.0 Å². The molecule has 1 unspecified atom stereocenters. The molecular weight excluding hydrogens is 342 g/mol. The maximum Gasteiger partial charge on any atom is 0.254 e. The van der Waals surface area contributed by atoms with Gasteiger partial charge in [0.1, 0.15) is 0 Å². The van der Waals surface area contributed by atoms with Gasteiger partial charge in [-0.1, -0.05) is 30.3 Å². The minimum Gasteiger partial charge on any atom is -0.393 e. The molecule has 140 valence electrons. The normalized spacial score (nSPS) is 20.1. The quantitative estimate of drug-likeness (QED) is 0.699. The van der Waals surface area contributed by atoms with Gasteiger partial charge in [0, 0.05) is 25.0 Å². The van der Waals surface area contributed by atoms with Crippen LogP contribution in [0.4, 0.5) is 0 Å². The Hall–Kier alpha value is -2.93. The first kappa shape index (κ1) is 17.5. The molecule has 3 aromatic rings. The predicted octanol–water partition coefficient (Wildman–Crippen LogP) is 1.91. The lowest BCUT2D eigenvalue weighted by atomic mass is 9.75. The zero-order valence-electron chi connectivity index (χ0n) is 15.2. The molecule has 0 saturated heterocycles. The second-order valence-electron chi connectivity index (χ2n) is 7.20. The van der Waals surface area contributed by atoms with E-state index in [4.69, 9.17) is 0 Å². The molecule has 1 amide bonds. The highest BCUT2D eigenvalue weighted by Gasteiger charge is 2.36. The molecule has 1 aliphatic rings. The standard InChI is InChI=1S/C20H23N5O2/c1-24-12-16(9-21-24)19(15-7-18(26)8-15)23-20(27)17-10-22-25(13-17)11-14-5-3-2-4-6-14/h2-6,9-10,12-13,15,18-19,26H,7-8,11H2,1H3,(H,23,27). The third kappa shape index (κ3) is 3.93. The van der Waals surface area contributed by atoms with Crippen molar-refractivity contribution in [2.75, 3.05) is 0 Å². The lowest BCUT2D eigenvalue weighted by Gasteiger charge is -2.37. The molecule has 0 bridgehead atoms. The van der Waals surface area contributed by atoms with Gasteiger partial charge in [-0.25, -0.2) is 0 Å². The molecule has 4 rings (SSSR count). The van der Waals surface area contributed by atoms with E-state index in [9.17, 15) is 9.90 Å². The van der Waals surface area contributed by atoms with Crippen LogP contribution in [0.25, 0.3) is 0 Å². The Balaban J connectivity index is 1.46. The van der Waals surface area contributed by atoms with Gasteiger partial charge < -0.3 is 10.4 Å². The average Bonchev–Trinajstić information content (AvgIpc) is 3.27. The fourth-order valence-corrected chi connectivity index (χ4v) is 3.54. The maximum atomic E-state index is 12.8. The van der Waals surface area contributed by atoms with Crippen LogP contribution in [-0.4, -0.2) is 36.7 Å². The van der Waals surface area contributed by atoms with Crippen molar-refractivity contribution in [3.05, 3.63) is 71.8 Å². The number of nitrogens with one attached hydrogen (secondary N) is 1. The molecule has 2 N–H and O–H groups in total. The van der Waals surface area contributed by atoms with E-state index in [-0.39, 0.29) is 24.0 Å². The second-order valence-corrected chi connectivity index (χ2v) is 7.20. The number of rotatable bonds is 6. The number of amides is 1. The van der Waals surface area contributed by atoms with Gasteiger partial charge >= 0.3 is 0 Å². The fraction of sp³-hybridized carbons (Fsp3) is 0.350. The van der Waals surface area contributed by atoms with Gasteiger partial charge in [0.05, 0.1) is 36.6 Å². The minimum absolute atomic E-state index is 0.160. The maximum absolute atomic E-state index is 12.8. The smallest absolute Gasteiger partial charge is 0.254 e. The highest BCUT2D eigenvalue weighted by Crippen LogP contribution is 2.38. The van der Waals surface area contributed by atoms with Crippen LogP contribution in [0, 0.1) is 5.92 Å². The number of aryl methyl sites for hydroxylation is 1. The van der Waals surface area contributed by atoms with Gasteiger partial charge in [-0.2, -0.15) is 10.2 Å². The highest BCUT2D eigenvalue weighted by atomic mass is 16.3. The van der Waals surface area contributed by atoms with Crippen molar-refractivity contribution in [3.63, 3.8) is 0 Å². The average molecular weight is 365 g/mol. The van der Waals surface area contributed by atoms with Crippen LogP contribution in [0.2, 0.25) is 0 Å². The van der Waals surface area contributed by atoms with Crippen LogP contribution in [0.5, 0.6) is 0 Å². The fourth-order valence-electron chi connectivity index (χ4n) is 3.54. The van der Waals surface area contributed by atoms with E-state index < -0.39 is 0 Å². The Kier molecular flexibility index (Phi) is 4.77. The van der Waals surface area contributed by atoms with Crippen LogP contribution >= 0.6 is 0 Å². The molecule has 1 atom stereocenters. The lowest BCUT2D eigenvalue weighted by Crippen LogP contribution is -2.41. The van der Waals surface area contributed by atoms with Gasteiger partial charge in [-0.15, -0.1) is 0 Å². The van der Waals surface area contributed by atoms with Gasteiger partial charge in [0.15, 0.2) is 0 Å². The number of aliphatic hydroxyl groups excluding tert-OH is 1. The predicted molar refractivity (Wildman–Crippen MR) is 99.9 cm³/mol. The van der Waals surface area contributed by atoms with Crippen molar-refractivity contribution in [1.82, 2.24) is 24.9 Å². The molecule has 1 saturated carbocycles. The molecular formula is C20H23N5O2. The van der Waals surface area contributed by atoms with E-state index in [2.05, 4.69) is 15.5 Å². The van der Waals surface area contributed by atoms with E-state index in [1.54, 1.807) is 28.0 Å². The first-order chi connectivity index (χ1) is 13.1. The Bertz CT molecular complexity index is 911. The first-order valence-electron chi connectivity index (χ1n) is 9.12. The largest absolute Gasteiger partial charge is 0.393 e. The van der Waals surface area contributed by atoms with Gasteiger partial charge in [-0.05, 0) is 24.3 Å². The summed E-state index contributed by atoms with van der Waals surface area (Å²) in [5, 5.41) is 21.3. The molecule has 0 spiro atoms. The van der Waals surface area contributed by atoms with Crippen molar-refractivity contribution in [2.45, 2.75) is 31.5 Å². The van der Waals surface area contributed by atoms with Crippen molar-refractivity contribution in [2.24, 2.45) is 13.0 Å². The van der Waals surface area contributed by atoms with Crippen LogP contribution < -0.4 is 5.32 Å². The number of aromatic nitrogens is 4. The number of carbonyl (C=O) groups excluding carboxylic acids is 1. The van der Waals surface area contributed by atoms with Crippen LogP contribution in [-0.2, 0) is 13.6 Å². The van der Waals surface area contributed by atoms with Crippen LogP contribution in [0.3, 0.4) is 0 Å². The molecule has 1 fully saturated rings. The minimum atomic E-state index is -0.278. The summed E-state index contributed by atoms with van der Waals surface area (Å²) >= 11 is 0. The summed E-state index contributed by atoms with van der Waals surface area (Å²) in [4.78, 5) is 12.8. The summed E-state index contributed by atoms with van der Waals surface area (Å²) in [5.41, 5.74) is 2.61. The summed E-state index contributed by atoms with van der Waals surface area (Å²) in [6.07, 6.45) is 8.13. The highest BCUT2D eigenvalue weighted by molar-refractivity contribution is 5.94. The number of hydrogen-bond donors (Lipinski definition) is 2.